The molecule has 0 aliphatic carbocycles. The average Bonchev–Trinajstić information content (AvgIpc) is 2.82. The second-order valence-electron chi connectivity index (χ2n) is 8.16. The fraction of sp³-hybridized carbons (Fsp3) is 0.417. The molecule has 0 spiro atoms. The topological polar surface area (TPSA) is 97.7 Å². The van der Waals surface area contributed by atoms with Crippen molar-refractivity contribution in [2.24, 2.45) is 0 Å². The first-order chi connectivity index (χ1) is 15.3. The SMILES string of the molecule is COC(=O)[C@H]1CCCCN1C(=O)c1cn(C(C)C)cc(C(=O)NCc2ccccc2)c1=O. The zero-order valence-electron chi connectivity index (χ0n) is 18.7. The van der Waals surface area contributed by atoms with Crippen LogP contribution in [0.1, 0.15) is 65.4 Å². The van der Waals surface area contributed by atoms with E-state index in [4.69, 9.17) is 4.74 Å². The molecule has 1 aromatic heterocycles. The predicted octanol–water partition coefficient (Wildman–Crippen LogP) is 2.53. The van der Waals surface area contributed by atoms with E-state index in [9.17, 15) is 19.2 Å². The molecule has 2 aromatic rings. The summed E-state index contributed by atoms with van der Waals surface area (Å²) >= 11 is 0. The number of esters is 1. The lowest BCUT2D eigenvalue weighted by molar-refractivity contribution is -0.147. The maximum atomic E-state index is 13.4. The van der Waals surface area contributed by atoms with Crippen LogP contribution in [-0.4, -0.2) is 46.9 Å². The third-order valence-corrected chi connectivity index (χ3v) is 5.65. The molecule has 1 aliphatic rings. The minimum absolute atomic E-state index is 0.0828. The molecule has 1 fully saturated rings. The second-order valence-corrected chi connectivity index (χ2v) is 8.16. The first-order valence-electron chi connectivity index (χ1n) is 10.8. The van der Waals surface area contributed by atoms with E-state index in [1.807, 2.05) is 44.2 Å². The van der Waals surface area contributed by atoms with E-state index >= 15 is 0 Å². The average molecular weight is 440 g/mol. The van der Waals surface area contributed by atoms with Crippen LogP contribution in [0.25, 0.3) is 0 Å². The number of rotatable bonds is 6. The number of pyridine rings is 1. The highest BCUT2D eigenvalue weighted by Gasteiger charge is 2.35. The maximum Gasteiger partial charge on any atom is 0.328 e. The molecule has 170 valence electrons. The van der Waals surface area contributed by atoms with Crippen LogP contribution in [0, 0.1) is 0 Å². The van der Waals surface area contributed by atoms with E-state index in [0.717, 1.165) is 18.4 Å². The van der Waals surface area contributed by atoms with Gasteiger partial charge in [-0.1, -0.05) is 30.3 Å². The Bertz CT molecular complexity index is 1050. The Kier molecular flexibility index (Phi) is 7.45. The van der Waals surface area contributed by atoms with Crippen LogP contribution in [0.15, 0.2) is 47.5 Å². The Morgan fingerprint density at radius 3 is 2.44 bits per heavy atom. The molecule has 0 saturated carbocycles. The van der Waals surface area contributed by atoms with Gasteiger partial charge in [-0.15, -0.1) is 0 Å². The van der Waals surface area contributed by atoms with Crippen LogP contribution in [0.2, 0.25) is 0 Å². The fourth-order valence-electron chi connectivity index (χ4n) is 3.79. The van der Waals surface area contributed by atoms with Crippen molar-refractivity contribution in [2.75, 3.05) is 13.7 Å². The first kappa shape index (κ1) is 23.2. The Morgan fingerprint density at radius 1 is 1.09 bits per heavy atom. The van der Waals surface area contributed by atoms with Gasteiger partial charge in [-0.3, -0.25) is 14.4 Å². The van der Waals surface area contributed by atoms with Crippen LogP contribution in [0.3, 0.4) is 0 Å². The highest BCUT2D eigenvalue weighted by molar-refractivity contribution is 6.00. The van der Waals surface area contributed by atoms with Crippen molar-refractivity contribution < 1.29 is 19.1 Å². The molecule has 32 heavy (non-hydrogen) atoms. The largest absolute Gasteiger partial charge is 0.467 e. The third-order valence-electron chi connectivity index (χ3n) is 5.65. The van der Waals surface area contributed by atoms with Crippen LogP contribution >= 0.6 is 0 Å². The van der Waals surface area contributed by atoms with Gasteiger partial charge in [-0.05, 0) is 38.7 Å². The number of piperidine rings is 1. The lowest BCUT2D eigenvalue weighted by Gasteiger charge is -2.33. The zero-order chi connectivity index (χ0) is 23.3. The Morgan fingerprint density at radius 2 is 1.78 bits per heavy atom. The summed E-state index contributed by atoms with van der Waals surface area (Å²) in [5.41, 5.74) is 0.0205. The van der Waals surface area contributed by atoms with Gasteiger partial charge >= 0.3 is 5.97 Å². The summed E-state index contributed by atoms with van der Waals surface area (Å²) in [4.78, 5) is 53.0. The van der Waals surface area contributed by atoms with E-state index in [-0.39, 0.29) is 23.7 Å². The molecule has 1 saturated heterocycles. The smallest absolute Gasteiger partial charge is 0.328 e. The van der Waals surface area contributed by atoms with Crippen molar-refractivity contribution in [2.45, 2.75) is 51.7 Å². The van der Waals surface area contributed by atoms with Gasteiger partial charge in [0.15, 0.2) is 0 Å². The highest BCUT2D eigenvalue weighted by Crippen LogP contribution is 2.20. The number of likely N-dealkylation sites (tertiary alicyclic amines) is 1. The molecule has 2 amide bonds. The van der Waals surface area contributed by atoms with Crippen molar-refractivity contribution in [1.82, 2.24) is 14.8 Å². The van der Waals surface area contributed by atoms with Crippen molar-refractivity contribution in [3.8, 4) is 0 Å². The summed E-state index contributed by atoms with van der Waals surface area (Å²) in [5, 5.41) is 2.75. The van der Waals surface area contributed by atoms with E-state index in [1.54, 1.807) is 4.57 Å². The molecule has 1 aromatic carbocycles. The minimum Gasteiger partial charge on any atom is -0.467 e. The third kappa shape index (κ3) is 5.07. The number of methoxy groups -OCH3 is 1. The van der Waals surface area contributed by atoms with Crippen molar-refractivity contribution in [3.05, 3.63) is 69.6 Å². The molecule has 8 heteroatoms. The molecule has 3 rings (SSSR count). The maximum absolute atomic E-state index is 13.4. The lowest BCUT2D eigenvalue weighted by Crippen LogP contribution is -2.50. The number of carbonyl (C=O) groups excluding carboxylic acids is 3. The quantitative estimate of drug-likeness (QED) is 0.698. The Balaban J connectivity index is 1.94. The van der Waals surface area contributed by atoms with E-state index in [0.29, 0.717) is 13.0 Å². The summed E-state index contributed by atoms with van der Waals surface area (Å²) in [6.45, 7) is 4.39. The number of aromatic nitrogens is 1. The lowest BCUT2D eigenvalue weighted by atomic mass is 10.0. The molecule has 0 radical (unpaired) electrons. The monoisotopic (exact) mass is 439 g/mol. The van der Waals surface area contributed by atoms with E-state index in [2.05, 4.69) is 5.32 Å². The van der Waals surface area contributed by atoms with Crippen molar-refractivity contribution in [1.29, 1.82) is 0 Å². The predicted molar refractivity (Wildman–Crippen MR) is 119 cm³/mol. The molecular weight excluding hydrogens is 410 g/mol. The standard InChI is InChI=1S/C24H29N3O5/c1-16(2)26-14-18(22(29)25-13-17-9-5-4-6-10-17)21(28)19(15-26)23(30)27-12-8-7-11-20(27)24(31)32-3/h4-6,9-10,14-16,20H,7-8,11-13H2,1-3H3,(H,25,29)/t20-/m1/s1. The van der Waals surface area contributed by atoms with Gasteiger partial charge < -0.3 is 19.5 Å². The highest BCUT2D eigenvalue weighted by atomic mass is 16.5. The van der Waals surface area contributed by atoms with E-state index in [1.165, 1.54) is 24.4 Å². The van der Waals surface area contributed by atoms with Crippen LogP contribution in [0.4, 0.5) is 0 Å². The number of benzene rings is 1. The molecule has 1 N–H and O–H groups in total. The van der Waals surface area contributed by atoms with Crippen LogP contribution in [0.5, 0.6) is 0 Å². The Hall–Kier alpha value is -3.42. The number of nitrogens with zero attached hydrogens (tertiary/aromatic N) is 2. The zero-order valence-corrected chi connectivity index (χ0v) is 18.7. The van der Waals surface area contributed by atoms with Gasteiger partial charge in [0.2, 0.25) is 5.43 Å². The summed E-state index contributed by atoms with van der Waals surface area (Å²) in [6.07, 6.45) is 4.94. The van der Waals surface area contributed by atoms with Crippen LogP contribution < -0.4 is 10.7 Å². The van der Waals surface area contributed by atoms with Crippen molar-refractivity contribution >= 4 is 17.8 Å². The van der Waals surface area contributed by atoms with Crippen LogP contribution in [-0.2, 0) is 16.1 Å². The van der Waals surface area contributed by atoms with E-state index < -0.39 is 29.3 Å². The fourth-order valence-corrected chi connectivity index (χ4v) is 3.79. The van der Waals surface area contributed by atoms with Gasteiger partial charge in [0.25, 0.3) is 11.8 Å². The van der Waals surface area contributed by atoms with Gasteiger partial charge in [0.05, 0.1) is 7.11 Å². The van der Waals surface area contributed by atoms with Crippen molar-refractivity contribution in [3.63, 3.8) is 0 Å². The molecule has 2 heterocycles. The summed E-state index contributed by atoms with van der Waals surface area (Å²) < 4.78 is 6.52. The second kappa shape index (κ2) is 10.3. The molecular formula is C24H29N3O5. The minimum atomic E-state index is -0.733. The summed E-state index contributed by atoms with van der Waals surface area (Å²) in [5.74, 6) is -1.61. The first-order valence-corrected chi connectivity index (χ1v) is 10.8. The van der Waals surface area contributed by atoms with Gasteiger partial charge in [0.1, 0.15) is 17.2 Å². The number of nitrogens with one attached hydrogen (secondary N) is 1. The molecule has 0 bridgehead atoms. The number of hydrogen-bond acceptors (Lipinski definition) is 5. The number of ether oxygens (including phenoxy) is 1. The molecule has 0 unspecified atom stereocenters. The molecule has 1 aliphatic heterocycles. The molecule has 8 nitrogen and oxygen atoms in total. The number of hydrogen-bond donors (Lipinski definition) is 1. The van der Waals surface area contributed by atoms with Gasteiger partial charge in [-0.2, -0.15) is 0 Å². The summed E-state index contributed by atoms with van der Waals surface area (Å²) in [6, 6.07) is 8.53. The Labute approximate surface area is 187 Å². The molecule has 1 atom stereocenters. The van der Waals surface area contributed by atoms with Gasteiger partial charge in [0, 0.05) is 31.5 Å². The number of carbonyl (C=O) groups is 3. The summed E-state index contributed by atoms with van der Waals surface area (Å²) in [7, 11) is 1.28. The van der Waals surface area contributed by atoms with Gasteiger partial charge in [-0.25, -0.2) is 4.79 Å². The number of amides is 2. The normalized spacial score (nSPS) is 16.0.